The molecular formula is C11H24N2O. The molecule has 3 nitrogen and oxygen atoms in total. The van der Waals surface area contributed by atoms with Crippen LogP contribution in [0.1, 0.15) is 27.2 Å². The average Bonchev–Trinajstić information content (AvgIpc) is 2.12. The summed E-state index contributed by atoms with van der Waals surface area (Å²) in [5.41, 5.74) is 0. The fourth-order valence-corrected chi connectivity index (χ4v) is 2.17. The number of piperazine rings is 1. The maximum absolute atomic E-state index is 9.00. The van der Waals surface area contributed by atoms with Gasteiger partial charge in [-0.15, -0.1) is 0 Å². The summed E-state index contributed by atoms with van der Waals surface area (Å²) in [6.45, 7) is 9.30. The molecule has 1 N–H and O–H groups in total. The summed E-state index contributed by atoms with van der Waals surface area (Å²) in [4.78, 5) is 4.90. The van der Waals surface area contributed by atoms with Crippen molar-refractivity contribution >= 4 is 0 Å². The van der Waals surface area contributed by atoms with Gasteiger partial charge in [-0.25, -0.2) is 0 Å². The molecule has 0 aromatic carbocycles. The van der Waals surface area contributed by atoms with Gasteiger partial charge in [0.25, 0.3) is 0 Å². The van der Waals surface area contributed by atoms with Gasteiger partial charge in [0.2, 0.25) is 0 Å². The Bertz CT molecular complexity index is 173. The van der Waals surface area contributed by atoms with Crippen LogP contribution in [0.3, 0.4) is 0 Å². The summed E-state index contributed by atoms with van der Waals surface area (Å²) >= 11 is 0. The van der Waals surface area contributed by atoms with E-state index in [4.69, 9.17) is 5.11 Å². The maximum atomic E-state index is 9.00. The van der Waals surface area contributed by atoms with Crippen LogP contribution in [0.25, 0.3) is 0 Å². The summed E-state index contributed by atoms with van der Waals surface area (Å²) in [5, 5.41) is 9.00. The minimum absolute atomic E-state index is 0.299. The Hall–Kier alpha value is -0.120. The molecule has 1 aliphatic rings. The first-order valence-corrected chi connectivity index (χ1v) is 5.63. The smallest absolute Gasteiger partial charge is 0.0446 e. The van der Waals surface area contributed by atoms with E-state index in [9.17, 15) is 0 Å². The van der Waals surface area contributed by atoms with Crippen LogP contribution in [0.2, 0.25) is 0 Å². The number of aliphatic hydroxyl groups is 1. The van der Waals surface area contributed by atoms with E-state index in [1.165, 1.54) is 0 Å². The molecule has 0 aromatic heterocycles. The standard InChI is InChI=1S/C11H24N2O/c1-9(2)13-7-10(3)12(4)11(8-13)5-6-14/h9-11,14H,5-8H2,1-4H3. The van der Waals surface area contributed by atoms with Crippen LogP contribution in [0.5, 0.6) is 0 Å². The van der Waals surface area contributed by atoms with E-state index in [0.29, 0.717) is 24.7 Å². The lowest BCUT2D eigenvalue weighted by atomic mass is 10.0. The molecular weight excluding hydrogens is 176 g/mol. The number of aliphatic hydroxyl groups excluding tert-OH is 1. The van der Waals surface area contributed by atoms with E-state index in [0.717, 1.165) is 19.5 Å². The highest BCUT2D eigenvalue weighted by molar-refractivity contribution is 4.86. The topological polar surface area (TPSA) is 26.7 Å². The molecule has 0 amide bonds. The maximum Gasteiger partial charge on any atom is 0.0446 e. The van der Waals surface area contributed by atoms with Crippen molar-refractivity contribution in [3.05, 3.63) is 0 Å². The first-order valence-electron chi connectivity index (χ1n) is 5.63. The van der Waals surface area contributed by atoms with Crippen molar-refractivity contribution < 1.29 is 5.11 Å². The lowest BCUT2D eigenvalue weighted by molar-refractivity contribution is 0.0241. The first kappa shape index (κ1) is 12.0. The molecule has 3 heteroatoms. The van der Waals surface area contributed by atoms with Crippen LogP contribution in [0.4, 0.5) is 0 Å². The molecule has 0 saturated carbocycles. The molecule has 1 rings (SSSR count). The molecule has 0 radical (unpaired) electrons. The molecule has 0 aliphatic carbocycles. The molecule has 1 saturated heterocycles. The zero-order valence-electron chi connectivity index (χ0n) is 9.90. The monoisotopic (exact) mass is 200 g/mol. The van der Waals surface area contributed by atoms with Gasteiger partial charge in [0.15, 0.2) is 0 Å². The second-order valence-electron chi connectivity index (χ2n) is 4.73. The van der Waals surface area contributed by atoms with Crippen molar-refractivity contribution in [3.8, 4) is 0 Å². The summed E-state index contributed by atoms with van der Waals surface area (Å²) in [6.07, 6.45) is 0.893. The van der Waals surface area contributed by atoms with Crippen LogP contribution in [0.15, 0.2) is 0 Å². The minimum Gasteiger partial charge on any atom is -0.396 e. The van der Waals surface area contributed by atoms with Gasteiger partial charge in [-0.1, -0.05) is 0 Å². The van der Waals surface area contributed by atoms with Crippen molar-refractivity contribution in [1.82, 2.24) is 9.80 Å². The van der Waals surface area contributed by atoms with Gasteiger partial charge in [-0.05, 0) is 34.2 Å². The number of likely N-dealkylation sites (N-methyl/N-ethyl adjacent to an activating group) is 1. The third-order valence-electron chi connectivity index (χ3n) is 3.41. The molecule has 2 unspecified atom stereocenters. The highest BCUT2D eigenvalue weighted by Gasteiger charge is 2.29. The van der Waals surface area contributed by atoms with E-state index >= 15 is 0 Å². The number of nitrogens with zero attached hydrogens (tertiary/aromatic N) is 2. The van der Waals surface area contributed by atoms with Crippen molar-refractivity contribution in [2.24, 2.45) is 0 Å². The van der Waals surface area contributed by atoms with Crippen LogP contribution in [0, 0.1) is 0 Å². The number of rotatable bonds is 3. The lowest BCUT2D eigenvalue weighted by Crippen LogP contribution is -2.57. The van der Waals surface area contributed by atoms with Crippen LogP contribution >= 0.6 is 0 Å². The molecule has 1 aliphatic heterocycles. The summed E-state index contributed by atoms with van der Waals surface area (Å²) in [5.74, 6) is 0. The predicted molar refractivity (Wildman–Crippen MR) is 59.4 cm³/mol. The Morgan fingerprint density at radius 1 is 1.36 bits per heavy atom. The van der Waals surface area contributed by atoms with Crippen molar-refractivity contribution in [2.45, 2.75) is 45.3 Å². The number of hydrogen-bond donors (Lipinski definition) is 1. The second-order valence-corrected chi connectivity index (χ2v) is 4.73. The normalized spacial score (nSPS) is 31.3. The quantitative estimate of drug-likeness (QED) is 0.729. The van der Waals surface area contributed by atoms with Gasteiger partial charge in [-0.2, -0.15) is 0 Å². The van der Waals surface area contributed by atoms with Crippen LogP contribution in [-0.4, -0.2) is 59.8 Å². The molecule has 0 aromatic rings. The van der Waals surface area contributed by atoms with Gasteiger partial charge in [0, 0.05) is 37.8 Å². The van der Waals surface area contributed by atoms with Crippen LogP contribution in [-0.2, 0) is 0 Å². The lowest BCUT2D eigenvalue weighted by Gasteiger charge is -2.45. The van der Waals surface area contributed by atoms with E-state index < -0.39 is 0 Å². The third-order valence-corrected chi connectivity index (χ3v) is 3.41. The molecule has 1 fully saturated rings. The largest absolute Gasteiger partial charge is 0.396 e. The summed E-state index contributed by atoms with van der Waals surface area (Å²) in [6, 6.07) is 1.74. The van der Waals surface area contributed by atoms with Crippen molar-refractivity contribution in [1.29, 1.82) is 0 Å². The van der Waals surface area contributed by atoms with Crippen molar-refractivity contribution in [3.63, 3.8) is 0 Å². The number of hydrogen-bond acceptors (Lipinski definition) is 3. The van der Waals surface area contributed by atoms with Gasteiger partial charge in [0.05, 0.1) is 0 Å². The van der Waals surface area contributed by atoms with Crippen LogP contribution < -0.4 is 0 Å². The van der Waals surface area contributed by atoms with Gasteiger partial charge in [-0.3, -0.25) is 9.80 Å². The summed E-state index contributed by atoms with van der Waals surface area (Å²) in [7, 11) is 2.17. The molecule has 0 bridgehead atoms. The van der Waals surface area contributed by atoms with E-state index in [1.54, 1.807) is 0 Å². The van der Waals surface area contributed by atoms with Gasteiger partial charge < -0.3 is 5.11 Å². The van der Waals surface area contributed by atoms with Gasteiger partial charge >= 0.3 is 0 Å². The highest BCUT2D eigenvalue weighted by atomic mass is 16.3. The first-order chi connectivity index (χ1) is 6.56. The Morgan fingerprint density at radius 2 is 2.00 bits per heavy atom. The molecule has 14 heavy (non-hydrogen) atoms. The molecule has 84 valence electrons. The molecule has 2 atom stereocenters. The Kier molecular flexibility index (Phi) is 4.35. The van der Waals surface area contributed by atoms with Crippen molar-refractivity contribution in [2.75, 3.05) is 26.7 Å². The van der Waals surface area contributed by atoms with E-state index in [-0.39, 0.29) is 0 Å². The Morgan fingerprint density at radius 3 is 2.50 bits per heavy atom. The minimum atomic E-state index is 0.299. The SMILES string of the molecule is CC(C)N1CC(C)N(C)C(CCO)C1. The highest BCUT2D eigenvalue weighted by Crippen LogP contribution is 2.17. The summed E-state index contributed by atoms with van der Waals surface area (Å²) < 4.78 is 0. The zero-order valence-corrected chi connectivity index (χ0v) is 9.90. The van der Waals surface area contributed by atoms with E-state index in [2.05, 4.69) is 37.6 Å². The molecule has 0 spiro atoms. The Labute approximate surface area is 87.7 Å². The van der Waals surface area contributed by atoms with E-state index in [1.807, 2.05) is 0 Å². The molecule has 1 heterocycles. The second kappa shape index (κ2) is 5.10. The average molecular weight is 200 g/mol. The third kappa shape index (κ3) is 2.69. The zero-order chi connectivity index (χ0) is 10.7. The predicted octanol–water partition coefficient (Wildman–Crippen LogP) is 0.782. The van der Waals surface area contributed by atoms with Gasteiger partial charge in [0.1, 0.15) is 0 Å². The Balaban J connectivity index is 2.56. The fourth-order valence-electron chi connectivity index (χ4n) is 2.17. The fraction of sp³-hybridized carbons (Fsp3) is 1.00.